The minimum atomic E-state index is -3.17. The van der Waals surface area contributed by atoms with Gasteiger partial charge in [0.15, 0.2) is 0 Å². The van der Waals surface area contributed by atoms with Gasteiger partial charge in [-0.15, -0.1) is 11.3 Å². The molecular weight excluding hydrogens is 304 g/mol. The zero-order valence-electron chi connectivity index (χ0n) is 12.3. The molecule has 21 heavy (non-hydrogen) atoms. The molecule has 6 heteroatoms. The lowest BCUT2D eigenvalue weighted by Crippen LogP contribution is -2.25. The van der Waals surface area contributed by atoms with Crippen LogP contribution in [-0.4, -0.2) is 19.2 Å². The van der Waals surface area contributed by atoms with E-state index in [1.54, 1.807) is 11.3 Å². The summed E-state index contributed by atoms with van der Waals surface area (Å²) in [5, 5.41) is 0.803. The van der Waals surface area contributed by atoms with E-state index in [0.717, 1.165) is 16.3 Å². The quantitative estimate of drug-likeness (QED) is 0.852. The minimum absolute atomic E-state index is 0.161. The maximum Gasteiger partial charge on any atom is 0.211 e. The van der Waals surface area contributed by atoms with Gasteiger partial charge in [0.25, 0.3) is 0 Å². The van der Waals surface area contributed by atoms with Gasteiger partial charge >= 0.3 is 0 Å². The Kier molecular flexibility index (Phi) is 5.50. The number of sulfonamides is 1. The van der Waals surface area contributed by atoms with Crippen LogP contribution in [0.1, 0.15) is 34.4 Å². The second-order valence-electron chi connectivity index (χ2n) is 5.02. The van der Waals surface area contributed by atoms with Crippen molar-refractivity contribution in [3.63, 3.8) is 0 Å². The Hall–Kier alpha value is -1.24. The maximum atomic E-state index is 11.6. The van der Waals surface area contributed by atoms with Crippen molar-refractivity contribution in [2.75, 3.05) is 5.75 Å². The number of aryl methyl sites for hydroxylation is 1. The highest BCUT2D eigenvalue weighted by Gasteiger charge is 2.10. The molecule has 0 saturated heterocycles. The molecule has 0 fully saturated rings. The molecular formula is C15H20N2O2S2. The first kappa shape index (κ1) is 16.1. The number of nitrogens with one attached hydrogen (secondary N) is 1. The van der Waals surface area contributed by atoms with Crippen molar-refractivity contribution in [3.05, 3.63) is 51.5 Å². The minimum Gasteiger partial charge on any atom is -0.248 e. The van der Waals surface area contributed by atoms with Crippen molar-refractivity contribution >= 4 is 21.4 Å². The van der Waals surface area contributed by atoms with Crippen molar-refractivity contribution in [2.45, 2.75) is 33.2 Å². The average molecular weight is 324 g/mol. The molecule has 0 unspecified atom stereocenters. The molecule has 0 atom stereocenters. The van der Waals surface area contributed by atoms with Gasteiger partial charge in [0.1, 0.15) is 5.01 Å². The Morgan fingerprint density at radius 3 is 2.62 bits per heavy atom. The third-order valence-electron chi connectivity index (χ3n) is 3.02. The van der Waals surface area contributed by atoms with Crippen molar-refractivity contribution < 1.29 is 8.42 Å². The fourth-order valence-electron chi connectivity index (χ4n) is 1.93. The van der Waals surface area contributed by atoms with Crippen LogP contribution in [-0.2, 0) is 23.0 Å². The van der Waals surface area contributed by atoms with Gasteiger partial charge in [0.05, 0.1) is 12.3 Å². The summed E-state index contributed by atoms with van der Waals surface area (Å²) in [7, 11) is -3.17. The molecule has 114 valence electrons. The Bertz CT molecular complexity index is 676. The normalized spacial score (nSPS) is 11.7. The van der Waals surface area contributed by atoms with E-state index < -0.39 is 10.0 Å². The monoisotopic (exact) mass is 324 g/mol. The lowest BCUT2D eigenvalue weighted by Gasteiger charge is -2.02. The number of hydrogen-bond donors (Lipinski definition) is 1. The van der Waals surface area contributed by atoms with E-state index in [2.05, 4.69) is 40.9 Å². The topological polar surface area (TPSA) is 59.1 Å². The molecule has 1 aromatic heterocycles. The first-order valence-electron chi connectivity index (χ1n) is 6.95. The van der Waals surface area contributed by atoms with E-state index in [0.29, 0.717) is 6.42 Å². The third kappa shape index (κ3) is 5.22. The van der Waals surface area contributed by atoms with Gasteiger partial charge in [0, 0.05) is 17.5 Å². The first-order chi connectivity index (χ1) is 9.98. The van der Waals surface area contributed by atoms with Crippen LogP contribution in [0.5, 0.6) is 0 Å². The Labute approximate surface area is 130 Å². The molecule has 4 nitrogen and oxygen atoms in total. The predicted octanol–water partition coefficient (Wildman–Crippen LogP) is 2.87. The molecule has 1 N–H and O–H groups in total. The molecule has 0 aliphatic carbocycles. The molecule has 2 aromatic rings. The highest BCUT2D eigenvalue weighted by molar-refractivity contribution is 7.89. The number of hydrogen-bond acceptors (Lipinski definition) is 4. The van der Waals surface area contributed by atoms with Crippen LogP contribution in [0, 0.1) is 6.92 Å². The van der Waals surface area contributed by atoms with E-state index in [4.69, 9.17) is 0 Å². The van der Waals surface area contributed by atoms with E-state index in [-0.39, 0.29) is 12.3 Å². The van der Waals surface area contributed by atoms with Crippen molar-refractivity contribution in [3.8, 4) is 0 Å². The van der Waals surface area contributed by atoms with Crippen LogP contribution < -0.4 is 4.72 Å². The number of aromatic nitrogens is 1. The molecule has 0 aliphatic heterocycles. The van der Waals surface area contributed by atoms with Crippen molar-refractivity contribution in [1.29, 1.82) is 0 Å². The molecule has 0 amide bonds. The smallest absolute Gasteiger partial charge is 0.211 e. The Morgan fingerprint density at radius 2 is 1.95 bits per heavy atom. The Balaban J connectivity index is 1.94. The summed E-state index contributed by atoms with van der Waals surface area (Å²) in [4.78, 5) is 5.43. The lowest BCUT2D eigenvalue weighted by molar-refractivity contribution is 0.580. The van der Waals surface area contributed by atoms with Gasteiger partial charge < -0.3 is 0 Å². The summed E-state index contributed by atoms with van der Waals surface area (Å²) < 4.78 is 25.8. The van der Waals surface area contributed by atoms with Gasteiger partial charge in [-0.2, -0.15) is 0 Å². The molecule has 0 saturated carbocycles. The second-order valence-corrected chi connectivity index (χ2v) is 8.15. The highest BCUT2D eigenvalue weighted by Crippen LogP contribution is 2.17. The van der Waals surface area contributed by atoms with Crippen LogP contribution >= 0.6 is 11.3 Å². The van der Waals surface area contributed by atoms with Crippen molar-refractivity contribution in [1.82, 2.24) is 9.71 Å². The third-order valence-corrected chi connectivity index (χ3v) is 5.54. The zero-order valence-corrected chi connectivity index (χ0v) is 13.9. The van der Waals surface area contributed by atoms with Gasteiger partial charge in [-0.05, 0) is 18.9 Å². The fraction of sp³-hybridized carbons (Fsp3) is 0.400. The van der Waals surface area contributed by atoms with Crippen LogP contribution in [0.25, 0.3) is 0 Å². The van der Waals surface area contributed by atoms with Gasteiger partial charge in [-0.25, -0.2) is 18.1 Å². The number of rotatable bonds is 7. The highest BCUT2D eigenvalue weighted by atomic mass is 32.2. The summed E-state index contributed by atoms with van der Waals surface area (Å²) in [6.45, 7) is 4.19. The number of thiazole rings is 1. The van der Waals surface area contributed by atoms with Crippen LogP contribution in [0.2, 0.25) is 0 Å². The summed E-state index contributed by atoms with van der Waals surface area (Å²) in [5.74, 6) is 0.161. The van der Waals surface area contributed by atoms with Crippen molar-refractivity contribution in [2.24, 2.45) is 0 Å². The van der Waals surface area contributed by atoms with Gasteiger partial charge in [0.2, 0.25) is 10.0 Å². The van der Waals surface area contributed by atoms with E-state index >= 15 is 0 Å². The van der Waals surface area contributed by atoms with E-state index in [1.807, 2.05) is 13.1 Å². The molecule has 1 aromatic carbocycles. The van der Waals surface area contributed by atoms with Crippen LogP contribution in [0.15, 0.2) is 30.5 Å². The number of benzene rings is 1. The average Bonchev–Trinajstić information content (AvgIpc) is 2.87. The largest absolute Gasteiger partial charge is 0.248 e. The zero-order chi connectivity index (χ0) is 15.3. The van der Waals surface area contributed by atoms with Crippen LogP contribution in [0.4, 0.5) is 0 Å². The Morgan fingerprint density at radius 1 is 1.24 bits per heavy atom. The van der Waals surface area contributed by atoms with Gasteiger partial charge in [-0.1, -0.05) is 36.8 Å². The standard InChI is InChI=1S/C15H20N2O2S2/c1-3-8-21(18,19)17-11-15-16-10-14(20-15)9-13-6-4-12(2)5-7-13/h4-7,10,17H,3,8-9,11H2,1-2H3. The number of nitrogens with zero attached hydrogens (tertiary/aromatic N) is 1. The molecule has 1 heterocycles. The summed E-state index contributed by atoms with van der Waals surface area (Å²) in [6.07, 6.45) is 3.28. The summed E-state index contributed by atoms with van der Waals surface area (Å²) >= 11 is 1.55. The summed E-state index contributed by atoms with van der Waals surface area (Å²) in [5.41, 5.74) is 2.48. The first-order valence-corrected chi connectivity index (χ1v) is 9.42. The predicted molar refractivity (Wildman–Crippen MR) is 87.0 cm³/mol. The molecule has 0 radical (unpaired) electrons. The lowest BCUT2D eigenvalue weighted by atomic mass is 10.1. The van der Waals surface area contributed by atoms with Gasteiger partial charge in [-0.3, -0.25) is 0 Å². The van der Waals surface area contributed by atoms with E-state index in [1.165, 1.54) is 11.1 Å². The second kappa shape index (κ2) is 7.15. The SMILES string of the molecule is CCCS(=O)(=O)NCc1ncc(Cc2ccc(C)cc2)s1. The molecule has 2 rings (SSSR count). The molecule has 0 bridgehead atoms. The summed E-state index contributed by atoms with van der Waals surface area (Å²) in [6, 6.07) is 8.41. The fourth-order valence-corrected chi connectivity index (χ4v) is 3.96. The van der Waals surface area contributed by atoms with E-state index in [9.17, 15) is 8.42 Å². The van der Waals surface area contributed by atoms with Crippen LogP contribution in [0.3, 0.4) is 0 Å². The molecule has 0 aliphatic rings. The maximum absolute atomic E-state index is 11.6. The molecule has 0 spiro atoms.